The second-order valence-electron chi connectivity index (χ2n) is 7.36. The van der Waals surface area contributed by atoms with Gasteiger partial charge < -0.3 is 24.3 Å². The highest BCUT2D eigenvalue weighted by atomic mass is 16.5. The molecular formula is C20H27N5O3. The van der Waals surface area contributed by atoms with Crippen molar-refractivity contribution in [2.24, 2.45) is 13.0 Å². The molecule has 0 saturated carbocycles. The van der Waals surface area contributed by atoms with Gasteiger partial charge in [-0.25, -0.2) is 9.97 Å². The van der Waals surface area contributed by atoms with Crippen LogP contribution in [0.4, 0.5) is 5.95 Å². The molecule has 8 heteroatoms. The van der Waals surface area contributed by atoms with Gasteiger partial charge in [-0.1, -0.05) is 0 Å². The van der Waals surface area contributed by atoms with Crippen LogP contribution in [-0.4, -0.2) is 66.5 Å². The topological polar surface area (TPSA) is 81.5 Å². The van der Waals surface area contributed by atoms with Crippen molar-refractivity contribution in [2.75, 3.05) is 51.0 Å². The summed E-state index contributed by atoms with van der Waals surface area (Å²) in [5, 5.41) is 3.06. The third kappa shape index (κ3) is 4.34. The minimum atomic E-state index is -0.0499. The van der Waals surface area contributed by atoms with Gasteiger partial charge in [0.25, 0.3) is 5.91 Å². The van der Waals surface area contributed by atoms with Gasteiger partial charge in [0.05, 0.1) is 13.2 Å². The summed E-state index contributed by atoms with van der Waals surface area (Å²) in [7, 11) is 1.88. The van der Waals surface area contributed by atoms with Crippen molar-refractivity contribution in [3.8, 4) is 11.1 Å². The summed E-state index contributed by atoms with van der Waals surface area (Å²) in [6, 6.07) is 1.90. The van der Waals surface area contributed by atoms with Gasteiger partial charge in [0.15, 0.2) is 0 Å². The molecule has 2 aliphatic rings. The van der Waals surface area contributed by atoms with Crippen molar-refractivity contribution in [1.29, 1.82) is 0 Å². The van der Waals surface area contributed by atoms with E-state index in [9.17, 15) is 4.79 Å². The molecule has 0 aromatic carbocycles. The van der Waals surface area contributed by atoms with Gasteiger partial charge in [0.2, 0.25) is 5.95 Å². The fourth-order valence-electron chi connectivity index (χ4n) is 3.62. The molecule has 1 N–H and O–H groups in total. The Bertz CT molecular complexity index is 793. The van der Waals surface area contributed by atoms with E-state index in [2.05, 4.69) is 20.2 Å². The van der Waals surface area contributed by atoms with Gasteiger partial charge in [0, 0.05) is 69.6 Å². The van der Waals surface area contributed by atoms with Gasteiger partial charge in [-0.05, 0) is 24.8 Å². The van der Waals surface area contributed by atoms with E-state index in [4.69, 9.17) is 9.47 Å². The average Bonchev–Trinajstić information content (AvgIpc) is 3.15. The molecule has 0 radical (unpaired) electrons. The van der Waals surface area contributed by atoms with Crippen LogP contribution < -0.4 is 10.2 Å². The fourth-order valence-corrected chi connectivity index (χ4v) is 3.62. The van der Waals surface area contributed by atoms with Crippen molar-refractivity contribution < 1.29 is 14.3 Å². The van der Waals surface area contributed by atoms with Crippen LogP contribution in [-0.2, 0) is 16.5 Å². The lowest BCUT2D eigenvalue weighted by Gasteiger charge is -2.26. The average molecular weight is 385 g/mol. The summed E-state index contributed by atoms with van der Waals surface area (Å²) in [6.07, 6.45) is 7.58. The smallest absolute Gasteiger partial charge is 0.267 e. The van der Waals surface area contributed by atoms with Crippen LogP contribution in [0.25, 0.3) is 11.1 Å². The van der Waals surface area contributed by atoms with E-state index in [0.29, 0.717) is 31.4 Å². The van der Waals surface area contributed by atoms with Gasteiger partial charge in [-0.15, -0.1) is 0 Å². The number of amides is 1. The van der Waals surface area contributed by atoms with E-state index in [0.717, 1.165) is 56.2 Å². The Labute approximate surface area is 164 Å². The van der Waals surface area contributed by atoms with E-state index >= 15 is 0 Å². The normalized spacial score (nSPS) is 18.2. The summed E-state index contributed by atoms with van der Waals surface area (Å²) in [5.74, 6) is 1.17. The minimum absolute atomic E-state index is 0.0499. The molecule has 0 aliphatic carbocycles. The monoisotopic (exact) mass is 385 g/mol. The first kappa shape index (κ1) is 18.9. The summed E-state index contributed by atoms with van der Waals surface area (Å²) < 4.78 is 12.6. The molecular weight excluding hydrogens is 358 g/mol. The zero-order chi connectivity index (χ0) is 19.3. The van der Waals surface area contributed by atoms with Crippen LogP contribution >= 0.6 is 0 Å². The predicted molar refractivity (Wildman–Crippen MR) is 105 cm³/mol. The summed E-state index contributed by atoms with van der Waals surface area (Å²) in [5.41, 5.74) is 2.47. The van der Waals surface area contributed by atoms with Crippen molar-refractivity contribution in [1.82, 2.24) is 19.9 Å². The molecule has 8 nitrogen and oxygen atoms in total. The number of carbonyl (C=O) groups is 1. The fraction of sp³-hybridized carbons (Fsp3) is 0.550. The summed E-state index contributed by atoms with van der Waals surface area (Å²) in [6.45, 7) is 5.29. The largest absolute Gasteiger partial charge is 0.381 e. The molecule has 28 heavy (non-hydrogen) atoms. The van der Waals surface area contributed by atoms with Crippen LogP contribution in [0.2, 0.25) is 0 Å². The molecule has 4 heterocycles. The highest BCUT2D eigenvalue weighted by Crippen LogP contribution is 2.22. The Hall–Kier alpha value is -2.45. The number of anilines is 1. The van der Waals surface area contributed by atoms with Crippen LogP contribution in [0.3, 0.4) is 0 Å². The first-order chi connectivity index (χ1) is 13.7. The third-order valence-electron chi connectivity index (χ3n) is 5.40. The predicted octanol–water partition coefficient (Wildman–Crippen LogP) is 1.48. The maximum Gasteiger partial charge on any atom is 0.267 e. The maximum atomic E-state index is 12.6. The second kappa shape index (κ2) is 8.70. The zero-order valence-electron chi connectivity index (χ0n) is 16.3. The summed E-state index contributed by atoms with van der Waals surface area (Å²) >= 11 is 0. The number of ether oxygens (including phenoxy) is 2. The molecule has 2 aromatic rings. The molecule has 0 unspecified atom stereocenters. The van der Waals surface area contributed by atoms with Crippen molar-refractivity contribution >= 4 is 11.9 Å². The maximum absolute atomic E-state index is 12.6. The van der Waals surface area contributed by atoms with E-state index in [-0.39, 0.29) is 5.91 Å². The standard InChI is InChI=1S/C20H27N5O3/c1-24-14-16(10-18(24)19(26)21-11-15-2-6-27-7-3-15)17-12-22-20(23-13-17)25-4-8-28-9-5-25/h10,12-15H,2-9,11H2,1H3,(H,21,26). The number of aromatic nitrogens is 3. The van der Waals surface area contributed by atoms with E-state index in [1.54, 1.807) is 0 Å². The number of aryl methyl sites for hydroxylation is 1. The number of hydrogen-bond acceptors (Lipinski definition) is 6. The molecule has 4 rings (SSSR count). The SMILES string of the molecule is Cn1cc(-c2cnc(N3CCOCC3)nc2)cc1C(=O)NCC1CCOCC1. The third-order valence-corrected chi connectivity index (χ3v) is 5.40. The van der Waals surface area contributed by atoms with Gasteiger partial charge in [0.1, 0.15) is 5.69 Å². The molecule has 2 aliphatic heterocycles. The van der Waals surface area contributed by atoms with Crippen LogP contribution in [0.5, 0.6) is 0 Å². The summed E-state index contributed by atoms with van der Waals surface area (Å²) in [4.78, 5) is 23.7. The quantitative estimate of drug-likeness (QED) is 0.840. The Kier molecular flexibility index (Phi) is 5.87. The lowest BCUT2D eigenvalue weighted by Crippen LogP contribution is -2.37. The molecule has 2 saturated heterocycles. The van der Waals surface area contributed by atoms with Crippen LogP contribution in [0.15, 0.2) is 24.7 Å². The second-order valence-corrected chi connectivity index (χ2v) is 7.36. The Balaban J connectivity index is 1.41. The van der Waals surface area contributed by atoms with Crippen LogP contribution in [0.1, 0.15) is 23.3 Å². The van der Waals surface area contributed by atoms with Crippen molar-refractivity contribution in [3.63, 3.8) is 0 Å². The first-order valence-corrected chi connectivity index (χ1v) is 9.88. The number of hydrogen-bond donors (Lipinski definition) is 1. The highest BCUT2D eigenvalue weighted by Gasteiger charge is 2.18. The zero-order valence-corrected chi connectivity index (χ0v) is 16.3. The van der Waals surface area contributed by atoms with Crippen molar-refractivity contribution in [2.45, 2.75) is 12.8 Å². The highest BCUT2D eigenvalue weighted by molar-refractivity contribution is 5.94. The van der Waals surface area contributed by atoms with Gasteiger partial charge in [-0.2, -0.15) is 0 Å². The lowest BCUT2D eigenvalue weighted by molar-refractivity contribution is 0.0641. The minimum Gasteiger partial charge on any atom is -0.381 e. The van der Waals surface area contributed by atoms with E-state index < -0.39 is 0 Å². The van der Waals surface area contributed by atoms with Crippen LogP contribution in [0, 0.1) is 5.92 Å². The number of nitrogens with one attached hydrogen (secondary N) is 1. The molecule has 1 amide bonds. The van der Waals surface area contributed by atoms with Crippen molar-refractivity contribution in [3.05, 3.63) is 30.4 Å². The Morgan fingerprint density at radius 1 is 1.11 bits per heavy atom. The number of morpholine rings is 1. The molecule has 2 fully saturated rings. The molecule has 2 aromatic heterocycles. The van der Waals surface area contributed by atoms with Gasteiger partial charge in [-0.3, -0.25) is 4.79 Å². The van der Waals surface area contributed by atoms with E-state index in [1.165, 1.54) is 0 Å². The Morgan fingerprint density at radius 2 is 1.79 bits per heavy atom. The number of nitrogens with zero attached hydrogens (tertiary/aromatic N) is 4. The van der Waals surface area contributed by atoms with E-state index in [1.807, 2.05) is 36.3 Å². The van der Waals surface area contributed by atoms with Gasteiger partial charge >= 0.3 is 0 Å². The molecule has 0 atom stereocenters. The molecule has 0 bridgehead atoms. The number of rotatable bonds is 5. The Morgan fingerprint density at radius 3 is 2.50 bits per heavy atom. The lowest BCUT2D eigenvalue weighted by atomic mass is 10.0. The molecule has 150 valence electrons. The number of carbonyl (C=O) groups excluding carboxylic acids is 1. The molecule has 0 spiro atoms. The first-order valence-electron chi connectivity index (χ1n) is 9.88.